The van der Waals surface area contributed by atoms with Crippen LogP contribution in [0.5, 0.6) is 17.5 Å². The molecular weight excluding hydrogens is 555 g/mol. The van der Waals surface area contributed by atoms with E-state index >= 15 is 0 Å². The number of hydrogen-bond acceptors (Lipinski definition) is 9. The molecule has 0 aliphatic carbocycles. The largest absolute Gasteiger partial charge is 0.490 e. The summed E-state index contributed by atoms with van der Waals surface area (Å²) in [7, 11) is 0. The van der Waals surface area contributed by atoms with Gasteiger partial charge in [-0.1, -0.05) is 13.8 Å². The molecule has 2 atom stereocenters. The molecule has 0 saturated carbocycles. The Morgan fingerprint density at radius 2 is 1.52 bits per heavy atom. The standard InChI is InChI=1S/C29H34F3N5O5/c1-18-15-19(2)17-37(16-18)26-34-25(33-21-7-5-20(6-8-21)29(30,31)32)35-27(36-26)41-14-13-40-22-9-11-23(12-10-22)42-28(3,4)24(38)39/h5-12,18-19H,13-17H2,1-4H3,(H,38,39)(H,33,34,35,36). The molecule has 13 heteroatoms. The van der Waals surface area contributed by atoms with Gasteiger partial charge in [0.1, 0.15) is 24.7 Å². The lowest BCUT2D eigenvalue weighted by Crippen LogP contribution is -2.39. The Morgan fingerprint density at radius 1 is 0.929 bits per heavy atom. The summed E-state index contributed by atoms with van der Waals surface area (Å²) in [5.41, 5.74) is -1.74. The van der Waals surface area contributed by atoms with Crippen LogP contribution in [0.25, 0.3) is 0 Å². The highest BCUT2D eigenvalue weighted by atomic mass is 19.4. The van der Waals surface area contributed by atoms with Crippen molar-refractivity contribution in [2.24, 2.45) is 11.8 Å². The molecule has 1 aliphatic heterocycles. The first-order chi connectivity index (χ1) is 19.8. The van der Waals surface area contributed by atoms with Gasteiger partial charge < -0.3 is 29.5 Å². The predicted octanol–water partition coefficient (Wildman–Crippen LogP) is 5.82. The summed E-state index contributed by atoms with van der Waals surface area (Å²) in [4.78, 5) is 26.6. The summed E-state index contributed by atoms with van der Waals surface area (Å²) < 4.78 is 55.9. The maximum atomic E-state index is 13.0. The molecule has 0 spiro atoms. The van der Waals surface area contributed by atoms with Gasteiger partial charge in [0.05, 0.1) is 5.56 Å². The Bertz CT molecular complexity index is 1340. The number of nitrogens with zero attached hydrogens (tertiary/aromatic N) is 4. The van der Waals surface area contributed by atoms with Gasteiger partial charge in [-0.15, -0.1) is 0 Å². The predicted molar refractivity (Wildman–Crippen MR) is 149 cm³/mol. The summed E-state index contributed by atoms with van der Waals surface area (Å²) in [6.45, 7) is 8.99. The van der Waals surface area contributed by atoms with Crippen LogP contribution in [0.15, 0.2) is 48.5 Å². The van der Waals surface area contributed by atoms with Gasteiger partial charge in [-0.3, -0.25) is 0 Å². The van der Waals surface area contributed by atoms with E-state index in [1.165, 1.54) is 26.0 Å². The highest BCUT2D eigenvalue weighted by Gasteiger charge is 2.31. The number of anilines is 3. The van der Waals surface area contributed by atoms with E-state index in [-0.39, 0.29) is 25.2 Å². The second kappa shape index (κ2) is 12.7. The zero-order valence-electron chi connectivity index (χ0n) is 23.8. The topological polar surface area (TPSA) is 119 Å². The fourth-order valence-corrected chi connectivity index (χ4v) is 4.54. The number of aliphatic carboxylic acids is 1. The van der Waals surface area contributed by atoms with E-state index in [0.717, 1.165) is 31.6 Å². The number of hydrogen-bond donors (Lipinski definition) is 2. The molecule has 2 unspecified atom stereocenters. The monoisotopic (exact) mass is 589 g/mol. The molecule has 1 fully saturated rings. The molecule has 4 rings (SSSR count). The van der Waals surface area contributed by atoms with Gasteiger partial charge in [0, 0.05) is 18.8 Å². The molecule has 2 N–H and O–H groups in total. The lowest BCUT2D eigenvalue weighted by Gasteiger charge is -2.35. The summed E-state index contributed by atoms with van der Waals surface area (Å²) in [5, 5.41) is 12.2. The Kier molecular flexibility index (Phi) is 9.27. The SMILES string of the molecule is CC1CC(C)CN(c2nc(Nc3ccc(C(F)(F)F)cc3)nc(OCCOc3ccc(OC(C)(C)C(=O)O)cc3)n2)C1. The Morgan fingerprint density at radius 3 is 2.12 bits per heavy atom. The molecule has 2 aromatic carbocycles. The van der Waals surface area contributed by atoms with E-state index in [4.69, 9.17) is 14.2 Å². The van der Waals surface area contributed by atoms with Crippen molar-refractivity contribution in [2.75, 3.05) is 36.5 Å². The van der Waals surface area contributed by atoms with Crippen molar-refractivity contribution >= 4 is 23.6 Å². The van der Waals surface area contributed by atoms with Crippen molar-refractivity contribution in [1.82, 2.24) is 15.0 Å². The minimum Gasteiger partial charge on any atom is -0.490 e. The van der Waals surface area contributed by atoms with Crippen LogP contribution in [0.4, 0.5) is 30.8 Å². The van der Waals surface area contributed by atoms with Crippen LogP contribution in [0.3, 0.4) is 0 Å². The van der Waals surface area contributed by atoms with Gasteiger partial charge >= 0.3 is 18.2 Å². The van der Waals surface area contributed by atoms with Crippen LogP contribution in [-0.2, 0) is 11.0 Å². The number of carboxylic acid groups (broad SMARTS) is 1. The van der Waals surface area contributed by atoms with Crippen molar-refractivity contribution in [2.45, 2.75) is 45.9 Å². The van der Waals surface area contributed by atoms with Crippen LogP contribution in [0.2, 0.25) is 0 Å². The molecule has 10 nitrogen and oxygen atoms in total. The Labute approximate surface area is 241 Å². The molecule has 1 aromatic heterocycles. The van der Waals surface area contributed by atoms with E-state index in [2.05, 4.69) is 39.0 Å². The smallest absolute Gasteiger partial charge is 0.416 e. The maximum absolute atomic E-state index is 13.0. The van der Waals surface area contributed by atoms with Crippen molar-refractivity contribution in [3.63, 3.8) is 0 Å². The third-order valence-corrected chi connectivity index (χ3v) is 6.52. The lowest BCUT2D eigenvalue weighted by molar-refractivity contribution is -0.152. The number of carbonyl (C=O) groups is 1. The number of halogens is 3. The number of benzene rings is 2. The zero-order chi connectivity index (χ0) is 30.5. The number of rotatable bonds is 11. The summed E-state index contributed by atoms with van der Waals surface area (Å²) in [6.07, 6.45) is -3.35. The second-order valence-electron chi connectivity index (χ2n) is 10.9. The second-order valence-corrected chi connectivity index (χ2v) is 10.9. The van der Waals surface area contributed by atoms with E-state index in [1.807, 2.05) is 0 Å². The van der Waals surface area contributed by atoms with E-state index in [1.54, 1.807) is 24.3 Å². The minimum atomic E-state index is -4.43. The number of ether oxygens (including phenoxy) is 3. The van der Waals surface area contributed by atoms with Crippen LogP contribution in [0.1, 0.15) is 39.7 Å². The number of carboxylic acids is 1. The fraction of sp³-hybridized carbons (Fsp3) is 0.448. The molecule has 0 radical (unpaired) electrons. The first kappa shape index (κ1) is 30.7. The normalized spacial score (nSPS) is 17.5. The number of aromatic nitrogens is 3. The summed E-state index contributed by atoms with van der Waals surface area (Å²) >= 11 is 0. The van der Waals surface area contributed by atoms with Crippen molar-refractivity contribution in [3.8, 4) is 17.5 Å². The third kappa shape index (κ3) is 8.37. The molecule has 0 bridgehead atoms. The molecular formula is C29H34F3N5O5. The quantitative estimate of drug-likeness (QED) is 0.265. The van der Waals surface area contributed by atoms with Gasteiger partial charge in [-0.05, 0) is 80.6 Å². The average molecular weight is 590 g/mol. The Hall–Kier alpha value is -4.29. The number of piperidine rings is 1. The molecule has 3 aromatic rings. The summed E-state index contributed by atoms with van der Waals surface area (Å²) in [6, 6.07) is 11.2. The van der Waals surface area contributed by atoms with Crippen LogP contribution >= 0.6 is 0 Å². The third-order valence-electron chi connectivity index (χ3n) is 6.52. The molecule has 0 amide bonds. The van der Waals surface area contributed by atoms with Crippen LogP contribution in [0, 0.1) is 11.8 Å². The molecule has 42 heavy (non-hydrogen) atoms. The van der Waals surface area contributed by atoms with Gasteiger partial charge in [-0.2, -0.15) is 28.1 Å². The molecule has 1 saturated heterocycles. The fourth-order valence-electron chi connectivity index (χ4n) is 4.54. The number of nitrogens with one attached hydrogen (secondary N) is 1. The van der Waals surface area contributed by atoms with Gasteiger partial charge in [0.25, 0.3) is 0 Å². The first-order valence-corrected chi connectivity index (χ1v) is 13.5. The first-order valence-electron chi connectivity index (χ1n) is 13.5. The molecule has 1 aliphatic rings. The summed E-state index contributed by atoms with van der Waals surface area (Å²) in [5.74, 6) is 1.25. The van der Waals surface area contributed by atoms with E-state index in [9.17, 15) is 23.1 Å². The van der Waals surface area contributed by atoms with Crippen molar-refractivity contribution in [1.29, 1.82) is 0 Å². The molecule has 226 valence electrons. The number of alkyl halides is 3. The highest BCUT2D eigenvalue weighted by Crippen LogP contribution is 2.31. The maximum Gasteiger partial charge on any atom is 0.416 e. The minimum absolute atomic E-state index is 0.0449. The van der Waals surface area contributed by atoms with E-state index in [0.29, 0.717) is 35.0 Å². The molecule has 2 heterocycles. The van der Waals surface area contributed by atoms with Gasteiger partial charge in [-0.25, -0.2) is 4.79 Å². The van der Waals surface area contributed by atoms with Gasteiger partial charge in [0.15, 0.2) is 5.60 Å². The van der Waals surface area contributed by atoms with Crippen molar-refractivity contribution in [3.05, 3.63) is 54.1 Å². The van der Waals surface area contributed by atoms with E-state index < -0.39 is 23.3 Å². The van der Waals surface area contributed by atoms with Crippen LogP contribution in [-0.4, -0.2) is 57.9 Å². The lowest BCUT2D eigenvalue weighted by atomic mass is 9.92. The van der Waals surface area contributed by atoms with Crippen LogP contribution < -0.4 is 24.4 Å². The Balaban J connectivity index is 1.42. The average Bonchev–Trinajstić information content (AvgIpc) is 2.91. The zero-order valence-corrected chi connectivity index (χ0v) is 23.8. The van der Waals surface area contributed by atoms with Gasteiger partial charge in [0.2, 0.25) is 11.9 Å². The highest BCUT2D eigenvalue weighted by molar-refractivity contribution is 5.76. The van der Waals surface area contributed by atoms with Crippen molar-refractivity contribution < 1.29 is 37.3 Å².